The molecule has 0 amide bonds. The largest absolute Gasteiger partial charge is 0.471 e. The molecule has 2 radical (unpaired) electrons. The number of alkyl halides is 3. The Bertz CT molecular complexity index is 707. The van der Waals surface area contributed by atoms with Crippen LogP contribution in [0.25, 0.3) is 0 Å². The minimum atomic E-state index is -4.94. The van der Waals surface area contributed by atoms with Gasteiger partial charge in [0.25, 0.3) is 0 Å². The summed E-state index contributed by atoms with van der Waals surface area (Å²) in [7, 11) is 5.26. The minimum absolute atomic E-state index is 0.319. The first kappa shape index (κ1) is 21.5. The van der Waals surface area contributed by atoms with Crippen LogP contribution in [0, 0.1) is 5.41 Å². The number of carbonyl (C=O) groups is 1. The van der Waals surface area contributed by atoms with Crippen LogP contribution in [0.15, 0.2) is 12.3 Å². The van der Waals surface area contributed by atoms with Crippen molar-refractivity contribution < 1.29 is 42.8 Å². The van der Waals surface area contributed by atoms with E-state index in [0.717, 1.165) is 16.9 Å². The molecule has 1 aliphatic rings. The second-order valence-corrected chi connectivity index (χ2v) is 7.53. The Balaban J connectivity index is 2.07. The van der Waals surface area contributed by atoms with Gasteiger partial charge >= 0.3 is 12.3 Å². The van der Waals surface area contributed by atoms with Gasteiger partial charge in [0.2, 0.25) is 11.7 Å². The zero-order valence-electron chi connectivity index (χ0n) is 14.9. The maximum Gasteiger partial charge on any atom is 0.435 e. The van der Waals surface area contributed by atoms with Crippen molar-refractivity contribution in [2.45, 2.75) is 56.7 Å². The Labute approximate surface area is 154 Å². The van der Waals surface area contributed by atoms with Crippen LogP contribution in [0.1, 0.15) is 33.6 Å². The second-order valence-electron chi connectivity index (χ2n) is 7.53. The molecular formula is C15H20BF3N2O6. The quantitative estimate of drug-likeness (QED) is 0.505. The van der Waals surface area contributed by atoms with E-state index < -0.39 is 54.0 Å². The monoisotopic (exact) mass is 392 g/mol. The number of halogens is 3. The van der Waals surface area contributed by atoms with Crippen LogP contribution in [-0.2, 0) is 4.74 Å². The molecule has 1 atom stereocenters. The van der Waals surface area contributed by atoms with Crippen molar-refractivity contribution >= 4 is 13.9 Å². The lowest BCUT2D eigenvalue weighted by Crippen LogP contribution is -2.66. The average molecular weight is 392 g/mol. The topological polar surface area (TPSA) is 114 Å². The van der Waals surface area contributed by atoms with Gasteiger partial charge in [-0.15, -0.1) is 5.10 Å². The number of hydrogen-bond acceptors (Lipinski definition) is 7. The number of rotatable bonds is 5. The molecule has 27 heavy (non-hydrogen) atoms. The lowest BCUT2D eigenvalue weighted by molar-refractivity contribution is -0.319. The summed E-state index contributed by atoms with van der Waals surface area (Å²) in [4.78, 5) is 11.8. The minimum Gasteiger partial charge on any atom is -0.471 e. The molecule has 8 nitrogen and oxygen atoms in total. The summed E-state index contributed by atoms with van der Waals surface area (Å²) in [5.74, 6) is -3.75. The molecule has 12 heteroatoms. The maximum atomic E-state index is 13.1. The summed E-state index contributed by atoms with van der Waals surface area (Å²) in [6.07, 6.45) is -5.75. The second kappa shape index (κ2) is 6.38. The smallest absolute Gasteiger partial charge is 0.435 e. The lowest BCUT2D eigenvalue weighted by Gasteiger charge is -2.43. The van der Waals surface area contributed by atoms with Gasteiger partial charge in [0.05, 0.1) is 10.9 Å². The van der Waals surface area contributed by atoms with Crippen LogP contribution in [0.2, 0.25) is 0 Å². The van der Waals surface area contributed by atoms with Crippen molar-refractivity contribution in [1.29, 1.82) is 0 Å². The van der Waals surface area contributed by atoms with E-state index in [0.29, 0.717) is 0 Å². The first-order valence-corrected chi connectivity index (χ1v) is 7.97. The first-order valence-electron chi connectivity index (χ1n) is 7.97. The van der Waals surface area contributed by atoms with E-state index in [-0.39, 0.29) is 5.88 Å². The van der Waals surface area contributed by atoms with Crippen molar-refractivity contribution in [3.8, 4) is 5.88 Å². The fourth-order valence-corrected chi connectivity index (χ4v) is 2.47. The molecule has 0 spiro atoms. The van der Waals surface area contributed by atoms with Crippen LogP contribution >= 0.6 is 0 Å². The molecule has 0 aliphatic heterocycles. The third-order valence-corrected chi connectivity index (χ3v) is 4.20. The molecule has 0 aromatic carbocycles. The molecule has 1 aliphatic carbocycles. The van der Waals surface area contributed by atoms with Crippen molar-refractivity contribution in [1.82, 2.24) is 9.78 Å². The van der Waals surface area contributed by atoms with Gasteiger partial charge in [0.15, 0.2) is 0 Å². The van der Waals surface area contributed by atoms with E-state index in [1.807, 2.05) is 0 Å². The van der Waals surface area contributed by atoms with Gasteiger partial charge in [0, 0.05) is 12.3 Å². The molecule has 150 valence electrons. The summed E-state index contributed by atoms with van der Waals surface area (Å²) in [5.41, 5.74) is -7.05. The van der Waals surface area contributed by atoms with Crippen molar-refractivity contribution in [3.63, 3.8) is 0 Å². The number of aliphatic hydroxyl groups is 3. The van der Waals surface area contributed by atoms with E-state index in [1.165, 1.54) is 0 Å². The standard InChI is InChI=1S/C15H20BF3N2O6/c1-11(2,3)27-10(22)21-7-4-9(20-21)26-8-13(23,24)14(16,25)12(5-6-12)15(17,18)19/h4,7,23-25H,5-6,8H2,1-3H3. The predicted octanol–water partition coefficient (Wildman–Crippen LogP) is 0.926. The van der Waals surface area contributed by atoms with Crippen LogP contribution in [-0.4, -0.2) is 68.7 Å². The van der Waals surface area contributed by atoms with Gasteiger partial charge < -0.3 is 24.8 Å². The highest BCUT2D eigenvalue weighted by Crippen LogP contribution is 2.64. The van der Waals surface area contributed by atoms with Gasteiger partial charge in [0.1, 0.15) is 20.1 Å². The summed E-state index contributed by atoms with van der Waals surface area (Å²) in [6.45, 7) is 3.68. The Hall–Kier alpha value is -1.79. The van der Waals surface area contributed by atoms with Crippen LogP contribution in [0.3, 0.4) is 0 Å². The Morgan fingerprint density at radius 2 is 1.85 bits per heavy atom. The number of carbonyl (C=O) groups excluding carboxylic acids is 1. The highest BCUT2D eigenvalue weighted by molar-refractivity contribution is 6.16. The Morgan fingerprint density at radius 1 is 1.30 bits per heavy atom. The van der Waals surface area contributed by atoms with E-state index in [2.05, 4.69) is 5.10 Å². The molecule has 3 N–H and O–H groups in total. The average Bonchev–Trinajstić information content (AvgIpc) is 3.17. The van der Waals surface area contributed by atoms with Crippen LogP contribution < -0.4 is 4.74 Å². The van der Waals surface area contributed by atoms with Crippen LogP contribution in [0.4, 0.5) is 18.0 Å². The fraction of sp³-hybridized carbons (Fsp3) is 0.733. The van der Waals surface area contributed by atoms with E-state index in [4.69, 9.17) is 17.3 Å². The van der Waals surface area contributed by atoms with E-state index in [9.17, 15) is 33.3 Å². The van der Waals surface area contributed by atoms with Crippen LogP contribution in [0.5, 0.6) is 5.88 Å². The summed E-state index contributed by atoms with van der Waals surface area (Å²) >= 11 is 0. The fourth-order valence-electron chi connectivity index (χ4n) is 2.47. The molecule has 1 aromatic rings. The maximum absolute atomic E-state index is 13.1. The molecular weight excluding hydrogens is 372 g/mol. The predicted molar refractivity (Wildman–Crippen MR) is 84.9 cm³/mol. The normalized spacial score (nSPS) is 19.3. The number of ether oxygens (including phenoxy) is 2. The molecule has 0 saturated heterocycles. The van der Waals surface area contributed by atoms with Crippen molar-refractivity contribution in [3.05, 3.63) is 12.3 Å². The highest BCUT2D eigenvalue weighted by Gasteiger charge is 2.76. The summed E-state index contributed by atoms with van der Waals surface area (Å²) in [5, 5.41) is 33.6. The SMILES string of the molecule is [B]C(O)(C(O)(O)COc1ccn(C(=O)OC(C)(C)C)n1)C1(C(F)(F)F)CC1. The Kier molecular flexibility index (Phi) is 5.09. The van der Waals surface area contributed by atoms with Gasteiger partial charge in [-0.05, 0) is 33.6 Å². The third-order valence-electron chi connectivity index (χ3n) is 4.20. The van der Waals surface area contributed by atoms with Crippen molar-refractivity contribution in [2.75, 3.05) is 6.61 Å². The Morgan fingerprint density at radius 3 is 2.30 bits per heavy atom. The highest BCUT2D eigenvalue weighted by atomic mass is 19.4. The zero-order chi connectivity index (χ0) is 20.9. The molecule has 2 rings (SSSR count). The lowest BCUT2D eigenvalue weighted by atomic mass is 9.63. The van der Waals surface area contributed by atoms with Gasteiger partial charge in [-0.3, -0.25) is 0 Å². The molecule has 1 fully saturated rings. The number of nitrogens with zero attached hydrogens (tertiary/aromatic N) is 2. The third kappa shape index (κ3) is 4.07. The first-order chi connectivity index (χ1) is 12.0. The van der Waals surface area contributed by atoms with Gasteiger partial charge in [-0.1, -0.05) is 0 Å². The summed E-state index contributed by atoms with van der Waals surface area (Å²) in [6, 6.07) is 1.15. The number of hydrogen-bond donors (Lipinski definition) is 3. The molecule has 1 aromatic heterocycles. The molecule has 1 heterocycles. The van der Waals surface area contributed by atoms with Gasteiger partial charge in [-0.25, -0.2) is 4.79 Å². The number of aromatic nitrogens is 2. The zero-order valence-corrected chi connectivity index (χ0v) is 14.9. The molecule has 0 bridgehead atoms. The molecule has 1 saturated carbocycles. The van der Waals surface area contributed by atoms with Crippen molar-refractivity contribution in [2.24, 2.45) is 5.41 Å². The molecule has 1 unspecified atom stereocenters. The van der Waals surface area contributed by atoms with E-state index in [1.54, 1.807) is 20.8 Å². The summed E-state index contributed by atoms with van der Waals surface area (Å²) < 4.78 is 50.1. The van der Waals surface area contributed by atoms with E-state index >= 15 is 0 Å². The van der Waals surface area contributed by atoms with Gasteiger partial charge in [-0.2, -0.15) is 17.9 Å².